The average Bonchev–Trinajstić information content (AvgIpc) is 3.00. The van der Waals surface area contributed by atoms with Crippen LogP contribution in [0.3, 0.4) is 0 Å². The first kappa shape index (κ1) is 24.8. The third-order valence-corrected chi connectivity index (χ3v) is 8.78. The summed E-state index contributed by atoms with van der Waals surface area (Å²) in [6.45, 7) is 2.83. The van der Waals surface area contributed by atoms with Crippen LogP contribution in [0.2, 0.25) is 0 Å². The maximum atomic E-state index is 13.0. The molecule has 10 heteroatoms. The van der Waals surface area contributed by atoms with E-state index in [0.717, 1.165) is 11.1 Å². The second kappa shape index (κ2) is 10.5. The fourth-order valence-electron chi connectivity index (χ4n) is 3.83. The minimum Gasteiger partial charge on any atom is -0.493 e. The molecule has 0 saturated carbocycles. The Morgan fingerprint density at radius 2 is 1.76 bits per heavy atom. The molecule has 0 bridgehead atoms. The quantitative estimate of drug-likeness (QED) is 0.571. The van der Waals surface area contributed by atoms with E-state index in [-0.39, 0.29) is 29.5 Å². The Bertz CT molecular complexity index is 1110. The number of methoxy groups -OCH3 is 2. The van der Waals surface area contributed by atoms with Gasteiger partial charge in [0.15, 0.2) is 17.3 Å². The number of fused-ring (bicyclic) bond motifs is 1. The summed E-state index contributed by atoms with van der Waals surface area (Å²) in [7, 11) is -0.0731. The zero-order valence-electron chi connectivity index (χ0n) is 19.4. The Morgan fingerprint density at radius 1 is 1.12 bits per heavy atom. The van der Waals surface area contributed by atoms with Crippen LogP contribution in [0.15, 0.2) is 36.4 Å². The summed E-state index contributed by atoms with van der Waals surface area (Å²) < 4.78 is 34.3. The van der Waals surface area contributed by atoms with E-state index in [4.69, 9.17) is 18.5 Å². The molecule has 2 aliphatic rings. The molecule has 0 spiro atoms. The van der Waals surface area contributed by atoms with Crippen LogP contribution in [0.5, 0.6) is 11.5 Å². The molecule has 1 amide bonds. The van der Waals surface area contributed by atoms with Crippen LogP contribution >= 0.6 is 19.4 Å². The number of ketones is 1. The topological polar surface area (TPSA) is 100 Å². The number of rotatable bonds is 6. The zero-order chi connectivity index (χ0) is 24.3. The van der Waals surface area contributed by atoms with E-state index in [2.05, 4.69) is 5.32 Å². The summed E-state index contributed by atoms with van der Waals surface area (Å²) >= 11 is 1.32. The lowest BCUT2D eigenvalue weighted by Crippen LogP contribution is -2.27. The number of hydrogen-bond donors (Lipinski definition) is 1. The Hall–Kier alpha value is -2.32. The average molecular weight is 506 g/mol. The number of benzene rings is 2. The number of nitrogens with one attached hydrogen (secondary N) is 1. The van der Waals surface area contributed by atoms with Crippen LogP contribution in [-0.4, -0.2) is 50.1 Å². The van der Waals surface area contributed by atoms with Gasteiger partial charge in [-0.15, -0.1) is 11.8 Å². The summed E-state index contributed by atoms with van der Waals surface area (Å²) in [4.78, 5) is 25.7. The standard InChI is InChI=1S/C24H28NO7PS/c1-15-11-31-33(28,32-12-15)13-16-4-6-18(7-5-16)25-24(27)23-9-17-8-21(29-2)22(30-3)10-19(17)20(26)14-34-23/h4-8,10,15,23H,9,11-14H2,1-3H3,(H,25,27)/t15?,23-,33?/m1/s1. The second-order valence-corrected chi connectivity index (χ2v) is 11.7. The van der Waals surface area contributed by atoms with Gasteiger partial charge in [0.1, 0.15) is 0 Å². The molecule has 2 aromatic rings. The second-order valence-electron chi connectivity index (χ2n) is 8.44. The molecule has 0 radical (unpaired) electrons. The third kappa shape index (κ3) is 5.66. The maximum Gasteiger partial charge on any atom is 0.335 e. The lowest BCUT2D eigenvalue weighted by atomic mass is 9.99. The van der Waals surface area contributed by atoms with Crippen LogP contribution in [0.1, 0.15) is 28.4 Å². The van der Waals surface area contributed by atoms with Crippen LogP contribution in [0, 0.1) is 5.92 Å². The van der Waals surface area contributed by atoms with Gasteiger partial charge in [-0.05, 0) is 41.8 Å². The lowest BCUT2D eigenvalue weighted by molar-refractivity contribution is -0.115. The molecule has 0 aromatic heterocycles. The fraction of sp³-hybridized carbons (Fsp3) is 0.417. The first-order valence-electron chi connectivity index (χ1n) is 11.0. The minimum absolute atomic E-state index is 0.0444. The molecule has 1 fully saturated rings. The van der Waals surface area contributed by atoms with E-state index in [9.17, 15) is 14.2 Å². The molecule has 4 rings (SSSR count). The predicted molar refractivity (Wildman–Crippen MR) is 131 cm³/mol. The molecule has 1 saturated heterocycles. The molecule has 8 nitrogen and oxygen atoms in total. The van der Waals surface area contributed by atoms with Crippen molar-refractivity contribution in [3.8, 4) is 11.5 Å². The summed E-state index contributed by atoms with van der Waals surface area (Å²) in [6.07, 6.45) is 0.586. The van der Waals surface area contributed by atoms with Gasteiger partial charge in [0, 0.05) is 17.2 Å². The first-order valence-corrected chi connectivity index (χ1v) is 13.8. The Morgan fingerprint density at radius 3 is 2.41 bits per heavy atom. The van der Waals surface area contributed by atoms with Gasteiger partial charge in [0.05, 0.1) is 44.6 Å². The van der Waals surface area contributed by atoms with Crippen molar-refractivity contribution in [2.24, 2.45) is 5.92 Å². The molecule has 182 valence electrons. The zero-order valence-corrected chi connectivity index (χ0v) is 21.1. The van der Waals surface area contributed by atoms with Gasteiger partial charge in [-0.25, -0.2) is 0 Å². The maximum absolute atomic E-state index is 13.0. The van der Waals surface area contributed by atoms with Gasteiger partial charge < -0.3 is 23.8 Å². The van der Waals surface area contributed by atoms with Gasteiger partial charge in [-0.1, -0.05) is 19.1 Å². The summed E-state index contributed by atoms with van der Waals surface area (Å²) in [5, 5.41) is 2.48. The Kier molecular flexibility index (Phi) is 7.67. The van der Waals surface area contributed by atoms with Crippen molar-refractivity contribution in [1.29, 1.82) is 0 Å². The summed E-state index contributed by atoms with van der Waals surface area (Å²) in [5.41, 5.74) is 2.74. The highest BCUT2D eigenvalue weighted by molar-refractivity contribution is 8.01. The van der Waals surface area contributed by atoms with Gasteiger partial charge in [0.25, 0.3) is 0 Å². The molecular weight excluding hydrogens is 477 g/mol. The van der Waals surface area contributed by atoms with Crippen molar-refractivity contribution >= 4 is 36.7 Å². The summed E-state index contributed by atoms with van der Waals surface area (Å²) in [5.74, 6) is 1.21. The number of anilines is 1. The van der Waals surface area contributed by atoms with E-state index in [1.54, 1.807) is 36.4 Å². The van der Waals surface area contributed by atoms with Crippen molar-refractivity contribution < 1.29 is 32.7 Å². The number of hydrogen-bond acceptors (Lipinski definition) is 8. The largest absolute Gasteiger partial charge is 0.493 e. The van der Waals surface area contributed by atoms with Crippen molar-refractivity contribution in [2.45, 2.75) is 24.8 Å². The number of amides is 1. The lowest BCUT2D eigenvalue weighted by Gasteiger charge is -2.27. The van der Waals surface area contributed by atoms with Gasteiger partial charge in [-0.2, -0.15) is 0 Å². The highest BCUT2D eigenvalue weighted by atomic mass is 32.2. The number of Topliss-reactive ketones (excluding diaryl/α,β-unsaturated/α-hetero) is 1. The summed E-state index contributed by atoms with van der Waals surface area (Å²) in [6, 6.07) is 10.6. The number of carbonyl (C=O) groups is 2. The van der Waals surface area contributed by atoms with Crippen LogP contribution < -0.4 is 14.8 Å². The molecule has 2 aromatic carbocycles. The molecule has 1 atom stereocenters. The number of thioether (sulfide) groups is 1. The molecular formula is C24H28NO7PS. The monoisotopic (exact) mass is 505 g/mol. The van der Waals surface area contributed by atoms with Gasteiger partial charge in [0.2, 0.25) is 5.91 Å². The molecule has 34 heavy (non-hydrogen) atoms. The van der Waals surface area contributed by atoms with E-state index in [1.807, 2.05) is 6.92 Å². The van der Waals surface area contributed by atoms with E-state index in [1.165, 1.54) is 26.0 Å². The molecule has 1 N–H and O–H groups in total. The molecule has 2 heterocycles. The van der Waals surface area contributed by atoms with Gasteiger partial charge >= 0.3 is 7.60 Å². The normalized spacial score (nSPS) is 24.6. The Balaban J connectivity index is 1.42. The van der Waals surface area contributed by atoms with Crippen molar-refractivity contribution in [3.05, 3.63) is 53.1 Å². The highest BCUT2D eigenvalue weighted by Gasteiger charge is 2.31. The van der Waals surface area contributed by atoms with Crippen LogP contribution in [0.25, 0.3) is 0 Å². The number of ether oxygens (including phenoxy) is 2. The smallest absolute Gasteiger partial charge is 0.335 e. The fourth-order valence-corrected chi connectivity index (χ4v) is 6.72. The minimum atomic E-state index is -3.13. The molecule has 0 aliphatic carbocycles. The van der Waals surface area contributed by atoms with E-state index in [0.29, 0.717) is 42.4 Å². The van der Waals surface area contributed by atoms with Crippen molar-refractivity contribution in [1.82, 2.24) is 0 Å². The SMILES string of the molecule is COc1cc2c(cc1OC)C(=O)CS[C@@H](C(=O)Nc1ccc(CP3(=O)OCC(C)CO3)cc1)C2. The van der Waals surface area contributed by atoms with Crippen LogP contribution in [-0.2, 0) is 31.0 Å². The van der Waals surface area contributed by atoms with Crippen molar-refractivity contribution in [3.63, 3.8) is 0 Å². The highest BCUT2D eigenvalue weighted by Crippen LogP contribution is 2.54. The molecule has 2 aliphatic heterocycles. The Labute approximate surface area is 203 Å². The predicted octanol–water partition coefficient (Wildman–Crippen LogP) is 4.56. The third-order valence-electron chi connectivity index (χ3n) is 5.73. The van der Waals surface area contributed by atoms with E-state index >= 15 is 0 Å². The first-order chi connectivity index (χ1) is 16.3. The van der Waals surface area contributed by atoms with Crippen LogP contribution in [0.4, 0.5) is 5.69 Å². The van der Waals surface area contributed by atoms with Gasteiger partial charge in [-0.3, -0.25) is 14.2 Å². The van der Waals surface area contributed by atoms with Crippen molar-refractivity contribution in [2.75, 3.05) is 38.5 Å². The van der Waals surface area contributed by atoms with E-state index < -0.39 is 12.8 Å². The molecule has 0 unspecified atom stereocenters. The number of carbonyl (C=O) groups excluding carboxylic acids is 2.